The lowest BCUT2D eigenvalue weighted by Gasteiger charge is -2.16. The Balaban J connectivity index is 2.92. The molecule has 0 saturated heterocycles. The first-order valence-electron chi connectivity index (χ1n) is 4.51. The summed E-state index contributed by atoms with van der Waals surface area (Å²) >= 11 is 1.73. The molecule has 0 aliphatic heterocycles. The number of aliphatic hydroxyl groups is 1. The van der Waals surface area contributed by atoms with Crippen LogP contribution in [0.3, 0.4) is 0 Å². The van der Waals surface area contributed by atoms with Crippen molar-refractivity contribution in [3.05, 3.63) is 29.8 Å². The molecule has 1 N–H and O–H groups in total. The molecule has 4 nitrogen and oxygen atoms in total. The van der Waals surface area contributed by atoms with Crippen LogP contribution in [0.25, 0.3) is 0 Å². The van der Waals surface area contributed by atoms with Crippen molar-refractivity contribution in [2.75, 3.05) is 13.4 Å². The monoisotopic (exact) mass is 356 g/mol. The summed E-state index contributed by atoms with van der Waals surface area (Å²) in [6.45, 7) is 0. The van der Waals surface area contributed by atoms with Crippen LogP contribution in [0.2, 0.25) is 0 Å². The number of aliphatic hydroxyl groups excluding tert-OH is 1. The summed E-state index contributed by atoms with van der Waals surface area (Å²) in [7, 11) is -1.72. The van der Waals surface area contributed by atoms with Crippen LogP contribution in [-0.4, -0.2) is 30.1 Å². The van der Waals surface area contributed by atoms with E-state index < -0.39 is 19.2 Å². The molecule has 0 bridgehead atoms. The molecule has 0 saturated carbocycles. The second-order valence-corrected chi connectivity index (χ2v) is 7.75. The molecular formula is C10H13IO4S. The van der Waals surface area contributed by atoms with Crippen molar-refractivity contribution in [1.82, 2.24) is 0 Å². The lowest BCUT2D eigenvalue weighted by molar-refractivity contribution is 0.197. The second kappa shape index (κ2) is 5.33. The molecule has 0 aliphatic rings. The number of ether oxygens (including phenoxy) is 1. The maximum absolute atomic E-state index is 11.3. The maximum Gasteiger partial charge on any atom is 0.162 e. The first-order valence-corrected chi connectivity index (χ1v) is 7.71. The number of sulfone groups is 1. The fourth-order valence-electron chi connectivity index (χ4n) is 1.19. The molecule has 1 aromatic rings. The van der Waals surface area contributed by atoms with Crippen LogP contribution in [0.15, 0.2) is 24.3 Å². The minimum absolute atomic E-state index is 0.561. The Morgan fingerprint density at radius 1 is 1.31 bits per heavy atom. The van der Waals surface area contributed by atoms with Gasteiger partial charge in [0.05, 0.1) is 7.11 Å². The minimum Gasteiger partial charge on any atom is -0.497 e. The molecule has 6 heteroatoms. The summed E-state index contributed by atoms with van der Waals surface area (Å²) in [5, 5.41) is 9.86. The van der Waals surface area contributed by atoms with Crippen molar-refractivity contribution in [2.45, 2.75) is 9.36 Å². The van der Waals surface area contributed by atoms with E-state index in [1.54, 1.807) is 54.0 Å². The highest BCUT2D eigenvalue weighted by Gasteiger charge is 2.27. The van der Waals surface area contributed by atoms with Gasteiger partial charge in [0.15, 0.2) is 9.84 Å². The van der Waals surface area contributed by atoms with Gasteiger partial charge in [-0.25, -0.2) is 8.42 Å². The quantitative estimate of drug-likeness (QED) is 0.657. The van der Waals surface area contributed by atoms with Crippen molar-refractivity contribution in [1.29, 1.82) is 0 Å². The molecule has 2 atom stereocenters. The first kappa shape index (κ1) is 13.7. The van der Waals surface area contributed by atoms with Crippen molar-refractivity contribution < 1.29 is 18.3 Å². The van der Waals surface area contributed by atoms with E-state index >= 15 is 0 Å². The standard InChI is InChI=1S/C10H13IO4S/c1-15-8-5-3-7(4-6-8)9(12)10(11)16(2,13)14/h3-6,9-10,12H,1-2H3/t9-,10+/m0/s1. The zero-order valence-corrected chi connectivity index (χ0v) is 11.9. The molecule has 0 amide bonds. The normalized spacial score (nSPS) is 15.5. The van der Waals surface area contributed by atoms with Crippen LogP contribution in [0.4, 0.5) is 0 Å². The van der Waals surface area contributed by atoms with Crippen LogP contribution in [0.5, 0.6) is 5.75 Å². The van der Waals surface area contributed by atoms with Gasteiger partial charge in [-0.2, -0.15) is 0 Å². The van der Waals surface area contributed by atoms with E-state index in [0.29, 0.717) is 11.3 Å². The number of halogens is 1. The molecule has 0 unspecified atom stereocenters. The third-order valence-electron chi connectivity index (χ3n) is 2.11. The van der Waals surface area contributed by atoms with Crippen molar-refractivity contribution in [2.24, 2.45) is 0 Å². The molecule has 90 valence electrons. The average Bonchev–Trinajstić information content (AvgIpc) is 2.26. The predicted molar refractivity (Wildman–Crippen MR) is 70.6 cm³/mol. The summed E-state index contributed by atoms with van der Waals surface area (Å²) in [4.78, 5) is 0. The van der Waals surface area contributed by atoms with Gasteiger partial charge in [0.25, 0.3) is 0 Å². The zero-order valence-electron chi connectivity index (χ0n) is 8.92. The number of hydrogen-bond acceptors (Lipinski definition) is 4. The summed E-state index contributed by atoms with van der Waals surface area (Å²) in [5.74, 6) is 0.667. The molecule has 0 radical (unpaired) electrons. The van der Waals surface area contributed by atoms with Crippen LogP contribution in [-0.2, 0) is 9.84 Å². The molecule has 0 heterocycles. The molecule has 1 aromatic carbocycles. The van der Waals surface area contributed by atoms with Gasteiger partial charge >= 0.3 is 0 Å². The summed E-state index contributed by atoms with van der Waals surface area (Å²) in [5.41, 5.74) is 0.561. The highest BCUT2D eigenvalue weighted by atomic mass is 127. The number of methoxy groups -OCH3 is 1. The maximum atomic E-state index is 11.3. The van der Waals surface area contributed by atoms with Gasteiger partial charge in [0.1, 0.15) is 15.1 Å². The van der Waals surface area contributed by atoms with E-state index in [-0.39, 0.29) is 0 Å². The third kappa shape index (κ3) is 3.33. The molecule has 0 aromatic heterocycles. The first-order chi connectivity index (χ1) is 7.36. The molecule has 16 heavy (non-hydrogen) atoms. The van der Waals surface area contributed by atoms with E-state index in [1.807, 2.05) is 0 Å². The Bertz CT molecular complexity index is 440. The van der Waals surface area contributed by atoms with Gasteiger partial charge in [-0.15, -0.1) is 0 Å². The Kier molecular flexibility index (Phi) is 4.57. The molecular weight excluding hydrogens is 343 g/mol. The average molecular weight is 356 g/mol. The van der Waals surface area contributed by atoms with Gasteiger partial charge in [-0.3, -0.25) is 0 Å². The van der Waals surface area contributed by atoms with E-state index in [0.717, 1.165) is 6.26 Å². The minimum atomic E-state index is -3.26. The zero-order chi connectivity index (χ0) is 12.3. The SMILES string of the molecule is COc1ccc([C@H](O)[C@H](I)S(C)(=O)=O)cc1. The van der Waals surface area contributed by atoms with Gasteiger partial charge in [0, 0.05) is 6.26 Å². The van der Waals surface area contributed by atoms with Crippen molar-refractivity contribution in [3.8, 4) is 5.75 Å². The van der Waals surface area contributed by atoms with E-state index in [4.69, 9.17) is 4.74 Å². The van der Waals surface area contributed by atoms with E-state index in [9.17, 15) is 13.5 Å². The summed E-state index contributed by atoms with van der Waals surface area (Å²) < 4.78 is 26.7. The van der Waals surface area contributed by atoms with Crippen molar-refractivity contribution in [3.63, 3.8) is 0 Å². The number of alkyl halides is 1. The fraction of sp³-hybridized carbons (Fsp3) is 0.400. The van der Waals surface area contributed by atoms with E-state index in [2.05, 4.69) is 0 Å². The topological polar surface area (TPSA) is 63.6 Å². The highest BCUT2D eigenvalue weighted by molar-refractivity contribution is 14.1. The molecule has 1 rings (SSSR count). The number of rotatable bonds is 4. The van der Waals surface area contributed by atoms with Gasteiger partial charge in [0.2, 0.25) is 0 Å². The Morgan fingerprint density at radius 3 is 2.19 bits per heavy atom. The summed E-state index contributed by atoms with van der Waals surface area (Å²) in [6.07, 6.45) is 0.0816. The van der Waals surface area contributed by atoms with Crippen LogP contribution in [0.1, 0.15) is 11.7 Å². The second-order valence-electron chi connectivity index (χ2n) is 3.40. The van der Waals surface area contributed by atoms with Gasteiger partial charge in [-0.05, 0) is 17.7 Å². The number of benzene rings is 1. The highest BCUT2D eigenvalue weighted by Crippen LogP contribution is 2.27. The van der Waals surface area contributed by atoms with Crippen LogP contribution >= 0.6 is 22.6 Å². The Morgan fingerprint density at radius 2 is 1.81 bits per heavy atom. The number of hydrogen-bond donors (Lipinski definition) is 1. The van der Waals surface area contributed by atoms with Crippen LogP contribution < -0.4 is 4.74 Å². The van der Waals surface area contributed by atoms with Crippen LogP contribution in [0, 0.1) is 0 Å². The lowest BCUT2D eigenvalue weighted by atomic mass is 10.1. The summed E-state index contributed by atoms with van der Waals surface area (Å²) in [6, 6.07) is 6.68. The molecule has 0 fully saturated rings. The largest absolute Gasteiger partial charge is 0.497 e. The van der Waals surface area contributed by atoms with E-state index in [1.165, 1.54) is 0 Å². The predicted octanol–water partition coefficient (Wildman–Crippen LogP) is 1.53. The molecule has 0 aliphatic carbocycles. The Labute approximate surface area is 109 Å². The smallest absolute Gasteiger partial charge is 0.162 e. The third-order valence-corrected chi connectivity index (χ3v) is 6.64. The van der Waals surface area contributed by atoms with Gasteiger partial charge in [-0.1, -0.05) is 34.7 Å². The van der Waals surface area contributed by atoms with Gasteiger partial charge < -0.3 is 9.84 Å². The molecule has 0 spiro atoms. The fourth-order valence-corrected chi connectivity index (χ4v) is 2.23. The van der Waals surface area contributed by atoms with Crippen molar-refractivity contribution >= 4 is 32.4 Å². The lowest BCUT2D eigenvalue weighted by Crippen LogP contribution is -2.21. The Hall–Kier alpha value is -0.340.